The van der Waals surface area contributed by atoms with Gasteiger partial charge in [0.25, 0.3) is 0 Å². The highest BCUT2D eigenvalue weighted by atomic mass is 16.5. The number of ether oxygens (including phenoxy) is 4. The van der Waals surface area contributed by atoms with E-state index in [0.717, 1.165) is 18.7 Å². The van der Waals surface area contributed by atoms with Gasteiger partial charge < -0.3 is 41.9 Å². The standard InChI is InChI=1S/4C8H11N3O3/c4*1-3-14-8(13)6-4-11(5(2)12)10-7(6)9/h4*4H,3H2,1-2H3,(H2,9,10). The number of carbonyl (C=O) groups excluding carboxylic acids is 8. The highest BCUT2D eigenvalue weighted by Crippen LogP contribution is 2.13. The van der Waals surface area contributed by atoms with Crippen molar-refractivity contribution < 1.29 is 57.3 Å². The van der Waals surface area contributed by atoms with Crippen molar-refractivity contribution >= 4 is 70.8 Å². The third-order valence-electron chi connectivity index (χ3n) is 6.24. The monoisotopic (exact) mass is 788 g/mol. The van der Waals surface area contributed by atoms with Gasteiger partial charge in [-0.3, -0.25) is 19.2 Å². The lowest BCUT2D eigenvalue weighted by Gasteiger charge is -1.97. The van der Waals surface area contributed by atoms with Crippen LogP contribution in [0.15, 0.2) is 24.8 Å². The van der Waals surface area contributed by atoms with Crippen LogP contribution in [-0.4, -0.2) is 113 Å². The lowest BCUT2D eigenvalue weighted by atomic mass is 10.3. The van der Waals surface area contributed by atoms with Gasteiger partial charge in [0.1, 0.15) is 22.3 Å². The van der Waals surface area contributed by atoms with Gasteiger partial charge in [-0.2, -0.15) is 0 Å². The summed E-state index contributed by atoms with van der Waals surface area (Å²) < 4.78 is 22.9. The summed E-state index contributed by atoms with van der Waals surface area (Å²) >= 11 is 0. The Kier molecular flexibility index (Phi) is 18.3. The van der Waals surface area contributed by atoms with Crippen molar-refractivity contribution in [3.8, 4) is 0 Å². The number of anilines is 4. The molecular formula is C32H44N12O12. The summed E-state index contributed by atoms with van der Waals surface area (Å²) in [6, 6.07) is 0. The molecule has 4 rings (SSSR count). The summed E-state index contributed by atoms with van der Waals surface area (Å²) in [7, 11) is 0. The van der Waals surface area contributed by atoms with Crippen LogP contribution < -0.4 is 22.9 Å². The molecule has 56 heavy (non-hydrogen) atoms. The van der Waals surface area contributed by atoms with Crippen LogP contribution >= 0.6 is 0 Å². The second-order valence-electron chi connectivity index (χ2n) is 10.4. The SMILES string of the molecule is CCOC(=O)c1cn(C(C)=O)nc1N.CCOC(=O)c1cn(C(C)=O)nc1N.CCOC(=O)c1cn(C(C)=O)nc1N.CCOC(=O)c1cn(C(C)=O)nc1N. The van der Waals surface area contributed by atoms with E-state index in [0.29, 0.717) is 0 Å². The van der Waals surface area contributed by atoms with Crippen molar-refractivity contribution in [1.29, 1.82) is 0 Å². The molecular weight excluding hydrogens is 744 g/mol. The van der Waals surface area contributed by atoms with E-state index in [-0.39, 0.29) is 95.6 Å². The maximum Gasteiger partial charge on any atom is 0.343 e. The van der Waals surface area contributed by atoms with Crippen molar-refractivity contribution in [3.05, 3.63) is 47.0 Å². The second-order valence-corrected chi connectivity index (χ2v) is 10.4. The Morgan fingerprint density at radius 1 is 0.411 bits per heavy atom. The van der Waals surface area contributed by atoms with Crippen LogP contribution in [-0.2, 0) is 18.9 Å². The van der Waals surface area contributed by atoms with E-state index in [2.05, 4.69) is 20.4 Å². The van der Waals surface area contributed by atoms with Gasteiger partial charge in [0.05, 0.1) is 51.2 Å². The van der Waals surface area contributed by atoms with Crippen molar-refractivity contribution in [2.24, 2.45) is 0 Å². The molecule has 0 aliphatic heterocycles. The first-order valence-electron chi connectivity index (χ1n) is 16.4. The molecule has 0 aromatic carbocycles. The summed E-state index contributed by atoms with van der Waals surface area (Å²) in [5, 5.41) is 14.6. The van der Waals surface area contributed by atoms with E-state index < -0.39 is 23.9 Å². The number of carbonyl (C=O) groups is 8. The zero-order chi connectivity index (χ0) is 42.9. The minimum atomic E-state index is -0.572. The van der Waals surface area contributed by atoms with Gasteiger partial charge in [-0.15, -0.1) is 20.4 Å². The van der Waals surface area contributed by atoms with E-state index in [9.17, 15) is 38.4 Å². The van der Waals surface area contributed by atoms with Gasteiger partial charge in [0.15, 0.2) is 23.3 Å². The van der Waals surface area contributed by atoms with Crippen molar-refractivity contribution in [3.63, 3.8) is 0 Å². The van der Waals surface area contributed by atoms with Crippen LogP contribution in [0, 0.1) is 0 Å². The molecule has 0 atom stereocenters. The lowest BCUT2D eigenvalue weighted by molar-refractivity contribution is 0.0517. The number of nitrogens with two attached hydrogens (primary N) is 4. The van der Waals surface area contributed by atoms with Gasteiger partial charge in [-0.1, -0.05) is 0 Å². The zero-order valence-corrected chi connectivity index (χ0v) is 31.9. The summed E-state index contributed by atoms with van der Waals surface area (Å²) in [5.74, 6) is -3.54. The lowest BCUT2D eigenvalue weighted by Crippen LogP contribution is -2.06. The Hall–Kier alpha value is -7.40. The fraction of sp³-hybridized carbons (Fsp3) is 0.375. The third-order valence-corrected chi connectivity index (χ3v) is 6.24. The average Bonchev–Trinajstić information content (AvgIpc) is 3.91. The minimum Gasteiger partial charge on any atom is -0.462 e. The Morgan fingerprint density at radius 2 is 0.571 bits per heavy atom. The van der Waals surface area contributed by atoms with E-state index in [1.165, 1.54) is 52.5 Å². The fourth-order valence-electron chi connectivity index (χ4n) is 3.66. The molecule has 0 spiro atoms. The first kappa shape index (κ1) is 46.6. The minimum absolute atomic E-state index is 0.00125. The van der Waals surface area contributed by atoms with Crippen LogP contribution in [0.3, 0.4) is 0 Å². The van der Waals surface area contributed by atoms with E-state index in [1.807, 2.05) is 0 Å². The predicted molar refractivity (Wildman–Crippen MR) is 196 cm³/mol. The molecule has 0 unspecified atom stereocenters. The third kappa shape index (κ3) is 13.5. The quantitative estimate of drug-likeness (QED) is 0.144. The first-order chi connectivity index (χ1) is 26.2. The maximum atomic E-state index is 11.2. The predicted octanol–water partition coefficient (Wildman–Crippen LogP) is 1.21. The van der Waals surface area contributed by atoms with E-state index in [1.54, 1.807) is 27.7 Å². The van der Waals surface area contributed by atoms with Crippen molar-refractivity contribution in [1.82, 2.24) is 39.1 Å². The molecule has 24 nitrogen and oxygen atoms in total. The number of esters is 4. The van der Waals surface area contributed by atoms with Gasteiger partial charge in [0.2, 0.25) is 23.6 Å². The van der Waals surface area contributed by atoms with Gasteiger partial charge in [-0.25, -0.2) is 37.9 Å². The van der Waals surface area contributed by atoms with Crippen molar-refractivity contribution in [2.45, 2.75) is 55.4 Å². The Morgan fingerprint density at radius 3 is 0.679 bits per heavy atom. The molecule has 4 heterocycles. The molecule has 0 fully saturated rings. The highest BCUT2D eigenvalue weighted by Gasteiger charge is 2.19. The molecule has 8 N–H and O–H groups in total. The normalized spacial score (nSPS) is 9.86. The van der Waals surface area contributed by atoms with Crippen LogP contribution in [0.2, 0.25) is 0 Å². The topological polar surface area (TPSA) is 349 Å². The fourth-order valence-corrected chi connectivity index (χ4v) is 3.66. The van der Waals surface area contributed by atoms with Crippen molar-refractivity contribution in [2.75, 3.05) is 49.4 Å². The number of hydrogen-bond acceptors (Lipinski definition) is 20. The number of nitrogens with zero attached hydrogens (tertiary/aromatic N) is 8. The highest BCUT2D eigenvalue weighted by molar-refractivity contribution is 5.97. The molecule has 4 aromatic rings. The van der Waals surface area contributed by atoms with Gasteiger partial charge in [0, 0.05) is 27.7 Å². The molecule has 0 amide bonds. The number of hydrogen-bond donors (Lipinski definition) is 4. The maximum absolute atomic E-state index is 11.2. The van der Waals surface area contributed by atoms with Crippen LogP contribution in [0.5, 0.6) is 0 Å². The molecule has 24 heteroatoms. The van der Waals surface area contributed by atoms with E-state index in [4.69, 9.17) is 41.9 Å². The number of rotatable bonds is 8. The number of nitrogen functional groups attached to an aromatic ring is 4. The number of aromatic nitrogens is 8. The summed E-state index contributed by atoms with van der Waals surface area (Å²) in [5.41, 5.74) is 22.2. The first-order valence-corrected chi connectivity index (χ1v) is 16.4. The molecule has 0 bridgehead atoms. The second kappa shape index (κ2) is 22.0. The molecule has 0 saturated heterocycles. The molecule has 4 aromatic heterocycles. The van der Waals surface area contributed by atoms with Gasteiger partial charge in [-0.05, 0) is 27.7 Å². The summed E-state index contributed by atoms with van der Waals surface area (Å²) in [6.07, 6.45) is 5.04. The summed E-state index contributed by atoms with van der Waals surface area (Å²) in [6.45, 7) is 13.0. The molecule has 304 valence electrons. The summed E-state index contributed by atoms with van der Waals surface area (Å²) in [4.78, 5) is 88.5. The van der Waals surface area contributed by atoms with Crippen LogP contribution in [0.1, 0.15) is 116 Å². The van der Waals surface area contributed by atoms with Gasteiger partial charge >= 0.3 is 23.9 Å². The van der Waals surface area contributed by atoms with Crippen LogP contribution in [0.25, 0.3) is 0 Å². The zero-order valence-electron chi connectivity index (χ0n) is 31.9. The Balaban J connectivity index is 0.000000373. The molecule has 0 radical (unpaired) electrons. The average molecular weight is 789 g/mol. The molecule has 0 aliphatic carbocycles. The molecule has 0 aliphatic rings. The van der Waals surface area contributed by atoms with E-state index >= 15 is 0 Å². The van der Waals surface area contributed by atoms with Crippen LogP contribution in [0.4, 0.5) is 23.3 Å². The largest absolute Gasteiger partial charge is 0.462 e. The Bertz CT molecular complexity index is 1770. The smallest absolute Gasteiger partial charge is 0.343 e. The Labute approximate surface area is 318 Å². The molecule has 0 saturated carbocycles.